The Morgan fingerprint density at radius 2 is 2.00 bits per heavy atom. The highest BCUT2D eigenvalue weighted by Crippen LogP contribution is 2.19. The molecule has 1 aromatic heterocycles. The van der Waals surface area contributed by atoms with Gasteiger partial charge >= 0.3 is 0 Å². The third kappa shape index (κ3) is 2.93. The molecule has 0 radical (unpaired) electrons. The number of nitrogens with one attached hydrogen (secondary N) is 1. The van der Waals surface area contributed by atoms with Gasteiger partial charge in [-0.25, -0.2) is 0 Å². The highest BCUT2D eigenvalue weighted by molar-refractivity contribution is 14.1. The summed E-state index contributed by atoms with van der Waals surface area (Å²) in [6.07, 6.45) is 1.83. The minimum absolute atomic E-state index is 0.823. The lowest BCUT2D eigenvalue weighted by molar-refractivity contribution is 1.15. The number of hydrogen-bond acceptors (Lipinski definition) is 2. The van der Waals surface area contributed by atoms with Gasteiger partial charge in [-0.15, -0.1) is 0 Å². The molecule has 0 unspecified atom stereocenters. The van der Waals surface area contributed by atoms with Crippen LogP contribution in [0, 0.1) is 10.5 Å². The monoisotopic (exact) mass is 374 g/mol. The van der Waals surface area contributed by atoms with Crippen molar-refractivity contribution in [3.05, 3.63) is 69.4 Å². The van der Waals surface area contributed by atoms with Crippen molar-refractivity contribution in [3.63, 3.8) is 0 Å². The summed E-state index contributed by atoms with van der Waals surface area (Å²) in [6, 6.07) is 16.9. The van der Waals surface area contributed by atoms with Gasteiger partial charge in [0.1, 0.15) is 0 Å². The van der Waals surface area contributed by atoms with E-state index >= 15 is 0 Å². The normalized spacial score (nSPS) is 10.7. The molecule has 2 nitrogen and oxygen atoms in total. The topological polar surface area (TPSA) is 24.9 Å². The van der Waals surface area contributed by atoms with Crippen molar-refractivity contribution in [1.82, 2.24) is 4.98 Å². The molecule has 3 rings (SSSR count). The van der Waals surface area contributed by atoms with Crippen LogP contribution in [0.25, 0.3) is 10.9 Å². The smallest absolute Gasteiger partial charge is 0.0702 e. The maximum Gasteiger partial charge on any atom is 0.0702 e. The molecular weight excluding hydrogens is 359 g/mol. The Morgan fingerprint density at radius 3 is 2.85 bits per heavy atom. The molecule has 0 spiro atoms. The third-order valence-electron chi connectivity index (χ3n) is 3.34. The van der Waals surface area contributed by atoms with Gasteiger partial charge in [-0.2, -0.15) is 0 Å². The molecule has 0 saturated carbocycles. The summed E-state index contributed by atoms with van der Waals surface area (Å²) in [5.41, 5.74) is 4.78. The summed E-state index contributed by atoms with van der Waals surface area (Å²) >= 11 is 2.37. The molecule has 100 valence electrons. The summed E-state index contributed by atoms with van der Waals surface area (Å²) in [5, 5.41) is 4.65. The second-order valence-electron chi connectivity index (χ2n) is 4.85. The number of aryl methyl sites for hydroxylation is 1. The summed E-state index contributed by atoms with van der Waals surface area (Å²) in [7, 11) is 0. The number of fused-ring (bicyclic) bond motifs is 1. The van der Waals surface area contributed by atoms with Gasteiger partial charge in [-0.1, -0.05) is 18.2 Å². The molecular formula is C17H15IN2. The lowest BCUT2D eigenvalue weighted by atomic mass is 10.1. The van der Waals surface area contributed by atoms with Crippen molar-refractivity contribution in [2.75, 3.05) is 5.32 Å². The molecule has 3 heteroatoms. The summed E-state index contributed by atoms with van der Waals surface area (Å²) < 4.78 is 1.29. The molecule has 0 aliphatic carbocycles. The van der Waals surface area contributed by atoms with E-state index in [2.05, 4.69) is 82.3 Å². The standard InChI is InChI=1S/C17H15IN2/c1-12-4-6-15(10-16(12)18)20-11-13-5-7-17-14(9-13)3-2-8-19-17/h2-10,20H,11H2,1H3. The van der Waals surface area contributed by atoms with Crippen LogP contribution >= 0.6 is 22.6 Å². The number of rotatable bonds is 3. The number of benzene rings is 2. The van der Waals surface area contributed by atoms with Gasteiger partial charge in [0.25, 0.3) is 0 Å². The number of nitrogens with zero attached hydrogens (tertiary/aromatic N) is 1. The molecule has 0 aliphatic rings. The maximum atomic E-state index is 4.34. The second-order valence-corrected chi connectivity index (χ2v) is 6.01. The predicted octanol–water partition coefficient (Wildman–Crippen LogP) is 4.76. The van der Waals surface area contributed by atoms with E-state index in [0.717, 1.165) is 17.7 Å². The highest BCUT2D eigenvalue weighted by Gasteiger charge is 1.99. The van der Waals surface area contributed by atoms with Crippen LogP contribution in [0.1, 0.15) is 11.1 Å². The zero-order valence-electron chi connectivity index (χ0n) is 11.2. The van der Waals surface area contributed by atoms with Crippen LogP contribution in [0.15, 0.2) is 54.7 Å². The summed E-state index contributed by atoms with van der Waals surface area (Å²) in [4.78, 5) is 4.34. The van der Waals surface area contributed by atoms with E-state index in [-0.39, 0.29) is 0 Å². The Labute approximate surface area is 132 Å². The van der Waals surface area contributed by atoms with Crippen molar-refractivity contribution in [2.45, 2.75) is 13.5 Å². The Hall–Kier alpha value is -1.62. The van der Waals surface area contributed by atoms with Gasteiger partial charge in [0.15, 0.2) is 0 Å². The number of pyridine rings is 1. The van der Waals surface area contributed by atoms with Crippen LogP contribution in [-0.4, -0.2) is 4.98 Å². The SMILES string of the molecule is Cc1ccc(NCc2ccc3ncccc3c2)cc1I. The van der Waals surface area contributed by atoms with Gasteiger partial charge in [0, 0.05) is 27.4 Å². The number of hydrogen-bond donors (Lipinski definition) is 1. The zero-order chi connectivity index (χ0) is 13.9. The first-order chi connectivity index (χ1) is 9.72. The molecule has 0 aliphatic heterocycles. The van der Waals surface area contributed by atoms with Crippen molar-refractivity contribution < 1.29 is 0 Å². The van der Waals surface area contributed by atoms with E-state index in [1.54, 1.807) is 0 Å². The lowest BCUT2D eigenvalue weighted by Crippen LogP contribution is -2.00. The molecule has 2 aromatic carbocycles. The van der Waals surface area contributed by atoms with Gasteiger partial charge < -0.3 is 5.32 Å². The third-order valence-corrected chi connectivity index (χ3v) is 4.50. The molecule has 20 heavy (non-hydrogen) atoms. The molecule has 0 saturated heterocycles. The van der Waals surface area contributed by atoms with E-state index in [1.165, 1.54) is 20.1 Å². The van der Waals surface area contributed by atoms with Crippen molar-refractivity contribution >= 4 is 39.2 Å². The Balaban J connectivity index is 1.77. The van der Waals surface area contributed by atoms with Crippen molar-refractivity contribution in [2.24, 2.45) is 0 Å². The molecule has 1 N–H and O–H groups in total. The van der Waals surface area contributed by atoms with Gasteiger partial charge in [0.05, 0.1) is 5.52 Å². The fraction of sp³-hybridized carbons (Fsp3) is 0.118. The van der Waals surface area contributed by atoms with Crippen LogP contribution in [0.5, 0.6) is 0 Å². The summed E-state index contributed by atoms with van der Waals surface area (Å²) in [6.45, 7) is 2.95. The van der Waals surface area contributed by atoms with Crippen LogP contribution in [-0.2, 0) is 6.54 Å². The Morgan fingerprint density at radius 1 is 1.10 bits per heavy atom. The van der Waals surface area contributed by atoms with Crippen LogP contribution in [0.4, 0.5) is 5.69 Å². The largest absolute Gasteiger partial charge is 0.381 e. The maximum absolute atomic E-state index is 4.34. The van der Waals surface area contributed by atoms with E-state index < -0.39 is 0 Å². The first-order valence-corrected chi connectivity index (χ1v) is 7.64. The van der Waals surface area contributed by atoms with E-state index in [1.807, 2.05) is 12.3 Å². The highest BCUT2D eigenvalue weighted by atomic mass is 127. The molecule has 3 aromatic rings. The van der Waals surface area contributed by atoms with Crippen LogP contribution < -0.4 is 5.32 Å². The fourth-order valence-corrected chi connectivity index (χ4v) is 2.66. The quantitative estimate of drug-likeness (QED) is 0.669. The van der Waals surface area contributed by atoms with E-state index in [4.69, 9.17) is 0 Å². The second kappa shape index (κ2) is 5.79. The predicted molar refractivity (Wildman–Crippen MR) is 93.0 cm³/mol. The van der Waals surface area contributed by atoms with Gasteiger partial charge in [0.2, 0.25) is 0 Å². The summed E-state index contributed by atoms with van der Waals surface area (Å²) in [5.74, 6) is 0. The first kappa shape index (κ1) is 13.4. The molecule has 0 bridgehead atoms. The number of aromatic nitrogens is 1. The van der Waals surface area contributed by atoms with E-state index in [9.17, 15) is 0 Å². The van der Waals surface area contributed by atoms with Crippen molar-refractivity contribution in [1.29, 1.82) is 0 Å². The van der Waals surface area contributed by atoms with Crippen LogP contribution in [0.2, 0.25) is 0 Å². The average molecular weight is 374 g/mol. The molecule has 0 fully saturated rings. The van der Waals surface area contributed by atoms with Crippen molar-refractivity contribution in [3.8, 4) is 0 Å². The van der Waals surface area contributed by atoms with Crippen LogP contribution in [0.3, 0.4) is 0 Å². The van der Waals surface area contributed by atoms with Gasteiger partial charge in [-0.05, 0) is 71.0 Å². The van der Waals surface area contributed by atoms with Gasteiger partial charge in [-0.3, -0.25) is 4.98 Å². The minimum Gasteiger partial charge on any atom is -0.381 e. The Bertz CT molecular complexity index is 753. The number of halogens is 1. The minimum atomic E-state index is 0.823. The fourth-order valence-electron chi connectivity index (χ4n) is 2.14. The number of anilines is 1. The average Bonchev–Trinajstić information content (AvgIpc) is 2.48. The lowest BCUT2D eigenvalue weighted by Gasteiger charge is -2.09. The zero-order valence-corrected chi connectivity index (χ0v) is 13.4. The Kier molecular flexibility index (Phi) is 3.87. The van der Waals surface area contributed by atoms with E-state index in [0.29, 0.717) is 0 Å². The molecule has 0 amide bonds. The first-order valence-electron chi connectivity index (χ1n) is 6.56. The molecule has 1 heterocycles. The molecule has 0 atom stereocenters.